The van der Waals surface area contributed by atoms with Crippen molar-refractivity contribution in [1.82, 2.24) is 19.6 Å². The number of aromatic nitrogens is 2. The fourth-order valence-electron chi connectivity index (χ4n) is 2.61. The van der Waals surface area contributed by atoms with E-state index in [4.69, 9.17) is 5.73 Å². The molecule has 2 heterocycles. The van der Waals surface area contributed by atoms with Crippen LogP contribution in [0.15, 0.2) is 6.07 Å². The third-order valence-electron chi connectivity index (χ3n) is 3.76. The van der Waals surface area contributed by atoms with Gasteiger partial charge in [0.15, 0.2) is 0 Å². The normalized spacial score (nSPS) is 16.6. The number of carbonyl (C=O) groups excluding carboxylic acids is 1. The molecule has 1 aromatic rings. The van der Waals surface area contributed by atoms with Crippen molar-refractivity contribution in [3.63, 3.8) is 0 Å². The number of piperazine rings is 1. The van der Waals surface area contributed by atoms with Gasteiger partial charge in [-0.15, -0.1) is 0 Å². The number of hydrogen-bond donors (Lipinski definition) is 1. The smallest absolute Gasteiger partial charge is 0.272 e. The number of nitrogens with zero attached hydrogens (tertiary/aromatic N) is 4. The Balaban J connectivity index is 1.94. The zero-order valence-electron chi connectivity index (χ0n) is 12.5. The molecule has 1 amide bonds. The Hall–Kier alpha value is -1.40. The topological polar surface area (TPSA) is 67.4 Å². The molecular weight excluding hydrogens is 254 g/mol. The summed E-state index contributed by atoms with van der Waals surface area (Å²) in [6.07, 6.45) is 1.02. The SMILES string of the molecule is CCn1nc(C)cc1C(=O)N1CCN(CCCN)CC1. The fraction of sp³-hybridized carbons (Fsp3) is 0.714. The van der Waals surface area contributed by atoms with E-state index in [2.05, 4.69) is 10.00 Å². The summed E-state index contributed by atoms with van der Waals surface area (Å²) in [5.74, 6) is 0.103. The first-order valence-electron chi connectivity index (χ1n) is 7.42. The molecular formula is C14H25N5O. The van der Waals surface area contributed by atoms with Crippen LogP contribution in [0, 0.1) is 6.92 Å². The van der Waals surface area contributed by atoms with Crippen molar-refractivity contribution in [2.24, 2.45) is 5.73 Å². The van der Waals surface area contributed by atoms with Gasteiger partial charge in [0.1, 0.15) is 5.69 Å². The van der Waals surface area contributed by atoms with E-state index >= 15 is 0 Å². The molecule has 0 unspecified atom stereocenters. The summed E-state index contributed by atoms with van der Waals surface area (Å²) in [6.45, 7) is 9.87. The van der Waals surface area contributed by atoms with E-state index in [0.29, 0.717) is 5.69 Å². The number of nitrogens with two attached hydrogens (primary N) is 1. The van der Waals surface area contributed by atoms with Crippen molar-refractivity contribution in [3.8, 4) is 0 Å². The van der Waals surface area contributed by atoms with E-state index < -0.39 is 0 Å². The van der Waals surface area contributed by atoms with E-state index in [0.717, 1.165) is 57.9 Å². The molecule has 2 rings (SSSR count). The van der Waals surface area contributed by atoms with Crippen molar-refractivity contribution in [2.45, 2.75) is 26.8 Å². The number of amides is 1. The Kier molecular flexibility index (Phi) is 5.14. The van der Waals surface area contributed by atoms with Crippen molar-refractivity contribution >= 4 is 5.91 Å². The molecule has 0 saturated carbocycles. The van der Waals surface area contributed by atoms with E-state index in [1.54, 1.807) is 4.68 Å². The highest BCUT2D eigenvalue weighted by molar-refractivity contribution is 5.92. The minimum atomic E-state index is 0.103. The lowest BCUT2D eigenvalue weighted by molar-refractivity contribution is 0.0624. The minimum absolute atomic E-state index is 0.103. The van der Waals surface area contributed by atoms with E-state index in [1.807, 2.05) is 24.8 Å². The number of carbonyl (C=O) groups is 1. The standard InChI is InChI=1S/C14H25N5O/c1-3-19-13(11-12(2)16-19)14(20)18-9-7-17(8-10-18)6-4-5-15/h11H,3-10,15H2,1-2H3. The zero-order valence-corrected chi connectivity index (χ0v) is 12.5. The Bertz CT molecular complexity index is 448. The van der Waals surface area contributed by atoms with Gasteiger partial charge in [-0.3, -0.25) is 14.4 Å². The molecule has 2 N–H and O–H groups in total. The van der Waals surface area contributed by atoms with Gasteiger partial charge >= 0.3 is 0 Å². The fourth-order valence-corrected chi connectivity index (χ4v) is 2.61. The largest absolute Gasteiger partial charge is 0.335 e. The molecule has 0 atom stereocenters. The highest BCUT2D eigenvalue weighted by Gasteiger charge is 2.24. The highest BCUT2D eigenvalue weighted by atomic mass is 16.2. The second-order valence-electron chi connectivity index (χ2n) is 5.26. The van der Waals surface area contributed by atoms with Crippen LogP contribution in [0.2, 0.25) is 0 Å². The van der Waals surface area contributed by atoms with Crippen LogP contribution in [0.1, 0.15) is 29.5 Å². The second-order valence-corrected chi connectivity index (χ2v) is 5.26. The van der Waals surface area contributed by atoms with Gasteiger partial charge in [-0.1, -0.05) is 0 Å². The van der Waals surface area contributed by atoms with Crippen LogP contribution in [0.5, 0.6) is 0 Å². The van der Waals surface area contributed by atoms with Gasteiger partial charge < -0.3 is 10.6 Å². The van der Waals surface area contributed by atoms with Crippen molar-refractivity contribution in [3.05, 3.63) is 17.5 Å². The van der Waals surface area contributed by atoms with Gasteiger partial charge in [-0.05, 0) is 39.4 Å². The Morgan fingerprint density at radius 3 is 2.65 bits per heavy atom. The lowest BCUT2D eigenvalue weighted by atomic mass is 10.2. The maximum Gasteiger partial charge on any atom is 0.272 e. The van der Waals surface area contributed by atoms with Crippen LogP contribution in [0.4, 0.5) is 0 Å². The van der Waals surface area contributed by atoms with E-state index in [9.17, 15) is 4.79 Å². The summed E-state index contributed by atoms with van der Waals surface area (Å²) in [5, 5.41) is 4.35. The molecule has 0 spiro atoms. The molecule has 1 fully saturated rings. The van der Waals surface area contributed by atoms with E-state index in [1.165, 1.54) is 0 Å². The molecule has 112 valence electrons. The third kappa shape index (κ3) is 3.37. The molecule has 1 aromatic heterocycles. The van der Waals surface area contributed by atoms with Crippen molar-refractivity contribution < 1.29 is 4.79 Å². The molecule has 6 heteroatoms. The van der Waals surface area contributed by atoms with Gasteiger partial charge in [0.25, 0.3) is 5.91 Å². The summed E-state index contributed by atoms with van der Waals surface area (Å²) >= 11 is 0. The molecule has 0 aliphatic carbocycles. The third-order valence-corrected chi connectivity index (χ3v) is 3.76. The predicted molar refractivity (Wildman–Crippen MR) is 78.7 cm³/mol. The Labute approximate surface area is 120 Å². The Morgan fingerprint density at radius 1 is 1.35 bits per heavy atom. The molecule has 6 nitrogen and oxygen atoms in total. The summed E-state index contributed by atoms with van der Waals surface area (Å²) in [7, 11) is 0. The Morgan fingerprint density at radius 2 is 2.05 bits per heavy atom. The average molecular weight is 279 g/mol. The molecule has 1 aliphatic heterocycles. The molecule has 20 heavy (non-hydrogen) atoms. The van der Waals surface area contributed by atoms with Gasteiger partial charge in [0, 0.05) is 32.7 Å². The molecule has 0 bridgehead atoms. The van der Waals surface area contributed by atoms with E-state index in [-0.39, 0.29) is 5.91 Å². The molecule has 1 saturated heterocycles. The summed E-state index contributed by atoms with van der Waals surface area (Å²) < 4.78 is 1.79. The highest BCUT2D eigenvalue weighted by Crippen LogP contribution is 2.11. The van der Waals surface area contributed by atoms with Gasteiger partial charge in [-0.25, -0.2) is 0 Å². The molecule has 1 aliphatic rings. The van der Waals surface area contributed by atoms with Crippen molar-refractivity contribution in [2.75, 3.05) is 39.3 Å². The maximum absolute atomic E-state index is 12.5. The van der Waals surface area contributed by atoms with Crippen LogP contribution in [-0.4, -0.2) is 64.8 Å². The van der Waals surface area contributed by atoms with Crippen LogP contribution in [0.25, 0.3) is 0 Å². The van der Waals surface area contributed by atoms with Gasteiger partial charge in [0.05, 0.1) is 5.69 Å². The summed E-state index contributed by atoms with van der Waals surface area (Å²) in [4.78, 5) is 16.8. The number of hydrogen-bond acceptors (Lipinski definition) is 4. The number of rotatable bonds is 5. The average Bonchev–Trinajstić information content (AvgIpc) is 2.86. The van der Waals surface area contributed by atoms with Crippen LogP contribution >= 0.6 is 0 Å². The molecule has 0 aromatic carbocycles. The summed E-state index contributed by atoms with van der Waals surface area (Å²) in [5.41, 5.74) is 7.14. The second kappa shape index (κ2) is 6.85. The van der Waals surface area contributed by atoms with Crippen LogP contribution in [-0.2, 0) is 6.54 Å². The maximum atomic E-state index is 12.5. The lowest BCUT2D eigenvalue weighted by Crippen LogP contribution is -2.49. The van der Waals surface area contributed by atoms with Crippen LogP contribution in [0.3, 0.4) is 0 Å². The first kappa shape index (κ1) is 15.0. The minimum Gasteiger partial charge on any atom is -0.335 e. The molecule has 0 radical (unpaired) electrons. The first-order chi connectivity index (χ1) is 9.65. The van der Waals surface area contributed by atoms with Crippen LogP contribution < -0.4 is 5.73 Å². The quantitative estimate of drug-likeness (QED) is 0.843. The zero-order chi connectivity index (χ0) is 14.5. The van der Waals surface area contributed by atoms with Crippen molar-refractivity contribution in [1.29, 1.82) is 0 Å². The van der Waals surface area contributed by atoms with Gasteiger partial charge in [0.2, 0.25) is 0 Å². The van der Waals surface area contributed by atoms with Gasteiger partial charge in [-0.2, -0.15) is 5.10 Å². The monoisotopic (exact) mass is 279 g/mol. The predicted octanol–water partition coefficient (Wildman–Crippen LogP) is 0.318. The summed E-state index contributed by atoms with van der Waals surface area (Å²) in [6, 6.07) is 1.88. The number of aryl methyl sites for hydroxylation is 2. The first-order valence-corrected chi connectivity index (χ1v) is 7.42. The lowest BCUT2D eigenvalue weighted by Gasteiger charge is -2.34.